The van der Waals surface area contributed by atoms with Gasteiger partial charge in [0.05, 0.1) is 38.6 Å². The highest BCUT2D eigenvalue weighted by molar-refractivity contribution is 6.20. The number of hydrogen-bond acceptors (Lipinski definition) is 1. The van der Waals surface area contributed by atoms with Crippen LogP contribution in [0.25, 0.3) is 99.7 Å². The van der Waals surface area contributed by atoms with Crippen LogP contribution in [0.5, 0.6) is 0 Å². The van der Waals surface area contributed by atoms with Crippen LogP contribution in [-0.2, 0) is 0 Å². The molecule has 0 radical (unpaired) electrons. The van der Waals surface area contributed by atoms with Crippen molar-refractivity contribution < 1.29 is 0 Å². The fourth-order valence-electron chi connectivity index (χ4n) is 8.87. The number of aromatic nitrogens is 5. The molecule has 262 valence electrons. The maximum Gasteiger partial charge on any atom is 0.145 e. The topological polar surface area (TPSA) is 32.6 Å². The van der Waals surface area contributed by atoms with E-state index in [2.05, 4.69) is 219 Å². The maximum atomic E-state index is 5.16. The van der Waals surface area contributed by atoms with Crippen LogP contribution in [0, 0.1) is 0 Å². The second kappa shape index (κ2) is 11.9. The lowest BCUT2D eigenvalue weighted by atomic mass is 10.1. The molecule has 56 heavy (non-hydrogen) atoms. The Morgan fingerprint density at radius 3 is 1.55 bits per heavy atom. The minimum Gasteiger partial charge on any atom is -0.316 e. The van der Waals surface area contributed by atoms with Crippen LogP contribution in [0.1, 0.15) is 0 Å². The van der Waals surface area contributed by atoms with E-state index in [0.29, 0.717) is 0 Å². The lowest BCUT2D eigenvalue weighted by Gasteiger charge is -2.12. The minimum atomic E-state index is 0.919. The average molecular weight is 716 g/mol. The van der Waals surface area contributed by atoms with E-state index < -0.39 is 0 Å². The summed E-state index contributed by atoms with van der Waals surface area (Å²) < 4.78 is 9.41. The van der Waals surface area contributed by atoms with Crippen LogP contribution < -0.4 is 0 Å². The highest BCUT2D eigenvalue weighted by atomic mass is 15.1. The highest BCUT2D eigenvalue weighted by Gasteiger charge is 2.21. The lowest BCUT2D eigenvalue weighted by molar-refractivity contribution is 1.10. The lowest BCUT2D eigenvalue weighted by Crippen LogP contribution is -1.99. The Morgan fingerprint density at radius 2 is 0.839 bits per heavy atom. The number of nitrogens with zero attached hydrogens (tertiary/aromatic N) is 5. The number of hydrogen-bond donors (Lipinski definition) is 0. The Kier molecular flexibility index (Phi) is 6.56. The van der Waals surface area contributed by atoms with Gasteiger partial charge in [0.25, 0.3) is 0 Å². The second-order valence-electron chi connectivity index (χ2n) is 14.5. The molecule has 0 N–H and O–H groups in total. The molecule has 12 rings (SSSR count). The predicted molar refractivity (Wildman–Crippen MR) is 232 cm³/mol. The summed E-state index contributed by atoms with van der Waals surface area (Å²) >= 11 is 0. The molecule has 0 aliphatic carbocycles. The van der Waals surface area contributed by atoms with Gasteiger partial charge in [0.1, 0.15) is 5.82 Å². The zero-order valence-electron chi connectivity index (χ0n) is 30.3. The van der Waals surface area contributed by atoms with E-state index >= 15 is 0 Å². The Bertz CT molecular complexity index is 3440. The van der Waals surface area contributed by atoms with Crippen molar-refractivity contribution in [3.05, 3.63) is 200 Å². The highest BCUT2D eigenvalue weighted by Crippen LogP contribution is 2.41. The summed E-state index contributed by atoms with van der Waals surface area (Å²) in [6.07, 6.45) is 2.19. The predicted octanol–water partition coefficient (Wildman–Crippen LogP) is 12.8. The standard InChI is InChI=1S/C51H33N5/c1-4-14-36(15-5-1)53-29-28-35-30-41-43-31-42-40-20-10-12-22-45(40)54(37-16-6-2-7-17-37)49(42)33-50(43)55(48(41)32-47(35)53)39-26-24-34(25-27-39)51-52-44-21-11-13-23-46(44)56(51)38-18-8-3-9-19-38/h1-33H. The fourth-order valence-corrected chi connectivity index (χ4v) is 8.87. The first kappa shape index (κ1) is 30.8. The van der Waals surface area contributed by atoms with Gasteiger partial charge in [-0.05, 0) is 109 Å². The Labute approximate surface area is 322 Å². The SMILES string of the molecule is c1ccc(-n2ccc3cc4c5cc6c7ccccc7n(-c7ccccc7)c6cc5n(-c5ccc(-c6nc7ccccc7n6-c6ccccc6)cc5)c4cc32)cc1. The maximum absolute atomic E-state index is 5.16. The summed E-state index contributed by atoms with van der Waals surface area (Å²) in [6.45, 7) is 0. The van der Waals surface area contributed by atoms with E-state index in [0.717, 1.165) is 56.2 Å². The van der Waals surface area contributed by atoms with Crippen LogP contribution in [0.4, 0.5) is 0 Å². The number of imidazole rings is 1. The van der Waals surface area contributed by atoms with Gasteiger partial charge in [-0.2, -0.15) is 0 Å². The van der Waals surface area contributed by atoms with Crippen molar-refractivity contribution in [3.8, 4) is 34.1 Å². The normalized spacial score (nSPS) is 11.9. The first-order valence-corrected chi connectivity index (χ1v) is 19.1. The first-order chi connectivity index (χ1) is 27.8. The van der Waals surface area contributed by atoms with Crippen molar-refractivity contribution in [2.24, 2.45) is 0 Å². The van der Waals surface area contributed by atoms with E-state index in [1.165, 1.54) is 43.5 Å². The Morgan fingerprint density at radius 1 is 0.321 bits per heavy atom. The van der Waals surface area contributed by atoms with Gasteiger partial charge in [-0.15, -0.1) is 0 Å². The molecule has 0 spiro atoms. The smallest absolute Gasteiger partial charge is 0.145 e. The fraction of sp³-hybridized carbons (Fsp3) is 0. The van der Waals surface area contributed by atoms with Gasteiger partial charge in [-0.1, -0.05) is 84.9 Å². The molecule has 0 atom stereocenters. The molecule has 4 aromatic heterocycles. The third kappa shape index (κ3) is 4.52. The number of rotatable bonds is 5. The molecule has 0 saturated heterocycles. The monoisotopic (exact) mass is 715 g/mol. The summed E-state index contributed by atoms with van der Waals surface area (Å²) in [4.78, 5) is 5.16. The molecule has 4 heterocycles. The van der Waals surface area contributed by atoms with Crippen LogP contribution in [0.3, 0.4) is 0 Å². The van der Waals surface area contributed by atoms with Crippen molar-refractivity contribution in [1.82, 2.24) is 23.3 Å². The van der Waals surface area contributed by atoms with Crippen molar-refractivity contribution in [2.75, 3.05) is 0 Å². The molecular weight excluding hydrogens is 683 g/mol. The zero-order chi connectivity index (χ0) is 36.7. The van der Waals surface area contributed by atoms with Crippen LogP contribution >= 0.6 is 0 Å². The largest absolute Gasteiger partial charge is 0.316 e. The first-order valence-electron chi connectivity index (χ1n) is 19.1. The van der Waals surface area contributed by atoms with Crippen molar-refractivity contribution >= 4 is 65.5 Å². The number of fused-ring (bicyclic) bond motifs is 8. The second-order valence-corrected chi connectivity index (χ2v) is 14.5. The molecule has 12 aromatic rings. The summed E-state index contributed by atoms with van der Waals surface area (Å²) in [5, 5.41) is 6.16. The summed E-state index contributed by atoms with van der Waals surface area (Å²) in [5.74, 6) is 0.919. The summed E-state index contributed by atoms with van der Waals surface area (Å²) in [5.41, 5.74) is 13.5. The van der Waals surface area contributed by atoms with Crippen molar-refractivity contribution in [1.29, 1.82) is 0 Å². The van der Waals surface area contributed by atoms with E-state index in [1.807, 2.05) is 0 Å². The summed E-state index contributed by atoms with van der Waals surface area (Å²) in [7, 11) is 0. The zero-order valence-corrected chi connectivity index (χ0v) is 30.3. The molecule has 0 saturated carbocycles. The third-order valence-electron chi connectivity index (χ3n) is 11.4. The third-order valence-corrected chi connectivity index (χ3v) is 11.4. The van der Waals surface area contributed by atoms with Crippen LogP contribution in [-0.4, -0.2) is 23.3 Å². The summed E-state index contributed by atoms with van der Waals surface area (Å²) in [6, 6.07) is 69.7. The van der Waals surface area contributed by atoms with E-state index in [1.54, 1.807) is 0 Å². The molecule has 0 aliphatic heterocycles. The quantitative estimate of drug-likeness (QED) is 0.175. The van der Waals surface area contributed by atoms with Gasteiger partial charge >= 0.3 is 0 Å². The number of para-hydroxylation sites is 6. The molecule has 0 amide bonds. The molecule has 5 heteroatoms. The van der Waals surface area contributed by atoms with Gasteiger partial charge in [-0.3, -0.25) is 4.57 Å². The van der Waals surface area contributed by atoms with E-state index in [-0.39, 0.29) is 0 Å². The van der Waals surface area contributed by atoms with E-state index in [9.17, 15) is 0 Å². The van der Waals surface area contributed by atoms with E-state index in [4.69, 9.17) is 4.98 Å². The van der Waals surface area contributed by atoms with Gasteiger partial charge in [0, 0.05) is 61.4 Å². The molecule has 0 fully saturated rings. The molecule has 0 unspecified atom stereocenters. The van der Waals surface area contributed by atoms with Gasteiger partial charge < -0.3 is 13.7 Å². The molecule has 0 aliphatic rings. The van der Waals surface area contributed by atoms with Gasteiger partial charge in [0.15, 0.2) is 0 Å². The van der Waals surface area contributed by atoms with Gasteiger partial charge in [-0.25, -0.2) is 4.98 Å². The van der Waals surface area contributed by atoms with Crippen molar-refractivity contribution in [2.45, 2.75) is 0 Å². The molecule has 0 bridgehead atoms. The van der Waals surface area contributed by atoms with Gasteiger partial charge in [0.2, 0.25) is 0 Å². The minimum absolute atomic E-state index is 0.919. The van der Waals surface area contributed by atoms with Crippen LogP contribution in [0.15, 0.2) is 200 Å². The molecule has 5 nitrogen and oxygen atoms in total. The Balaban J connectivity index is 1.14. The van der Waals surface area contributed by atoms with Crippen molar-refractivity contribution in [3.63, 3.8) is 0 Å². The average Bonchev–Trinajstić information content (AvgIpc) is 4.02. The number of benzene rings is 8. The molecule has 8 aromatic carbocycles. The molecular formula is C51H33N5. The Hall–Kier alpha value is -7.63. The van der Waals surface area contributed by atoms with Crippen LogP contribution in [0.2, 0.25) is 0 Å².